The average molecular weight is 790 g/mol. The first-order valence-corrected chi connectivity index (χ1v) is 24.6. The third-order valence-corrected chi connectivity index (χ3v) is 11.2. The number of amides is 1. The van der Waals surface area contributed by atoms with Gasteiger partial charge in [0.25, 0.3) is 0 Å². The Labute approximate surface area is 348 Å². The molecule has 0 rings (SSSR count). The van der Waals surface area contributed by atoms with Crippen molar-refractivity contribution in [3.8, 4) is 0 Å². The molecule has 0 aromatic carbocycles. The lowest BCUT2D eigenvalue weighted by Gasteiger charge is -2.20. The van der Waals surface area contributed by atoms with Gasteiger partial charge in [0.1, 0.15) is 0 Å². The zero-order chi connectivity index (χ0) is 40.8. The lowest BCUT2D eigenvalue weighted by Crippen LogP contribution is -2.45. The highest BCUT2D eigenvalue weighted by Crippen LogP contribution is 2.15. The van der Waals surface area contributed by atoms with Crippen molar-refractivity contribution in [2.24, 2.45) is 0 Å². The number of aliphatic hydroxyl groups is 2. The molecule has 2 atom stereocenters. The highest BCUT2D eigenvalue weighted by atomic mass is 16.5. The fourth-order valence-corrected chi connectivity index (χ4v) is 7.39. The highest BCUT2D eigenvalue weighted by Gasteiger charge is 2.18. The normalized spacial score (nSPS) is 12.9. The molecule has 0 spiro atoms. The molecule has 6 nitrogen and oxygen atoms in total. The number of nitrogens with one attached hydrogen (secondary N) is 1. The van der Waals surface area contributed by atoms with Gasteiger partial charge in [-0.3, -0.25) is 9.59 Å². The molecule has 0 saturated carbocycles. The van der Waals surface area contributed by atoms with E-state index in [2.05, 4.69) is 31.3 Å². The quantitative estimate of drug-likeness (QED) is 0.0324. The van der Waals surface area contributed by atoms with Crippen molar-refractivity contribution < 1.29 is 24.5 Å². The molecule has 0 aliphatic rings. The van der Waals surface area contributed by atoms with E-state index >= 15 is 0 Å². The topological polar surface area (TPSA) is 95.9 Å². The summed E-state index contributed by atoms with van der Waals surface area (Å²) in [7, 11) is 0. The first-order chi connectivity index (χ1) is 27.5. The number of carbonyl (C=O) groups excluding carboxylic acids is 2. The summed E-state index contributed by atoms with van der Waals surface area (Å²) in [6.45, 7) is 4.85. The number of unbranched alkanes of at least 4 members (excludes halogenated alkanes) is 32. The maximum Gasteiger partial charge on any atom is 0.305 e. The Morgan fingerprint density at radius 2 is 0.839 bits per heavy atom. The van der Waals surface area contributed by atoms with E-state index in [4.69, 9.17) is 4.74 Å². The summed E-state index contributed by atoms with van der Waals surface area (Å²) >= 11 is 0. The minimum Gasteiger partial charge on any atom is -0.466 e. The predicted octanol–water partition coefficient (Wildman–Crippen LogP) is 14.3. The van der Waals surface area contributed by atoms with Gasteiger partial charge in [0.15, 0.2) is 0 Å². The third kappa shape index (κ3) is 42.0. The van der Waals surface area contributed by atoms with Gasteiger partial charge in [-0.25, -0.2) is 0 Å². The van der Waals surface area contributed by atoms with Gasteiger partial charge in [-0.2, -0.15) is 0 Å². The van der Waals surface area contributed by atoms with Gasteiger partial charge in [-0.1, -0.05) is 212 Å². The lowest BCUT2D eigenvalue weighted by atomic mass is 10.0. The Kier molecular flexibility index (Phi) is 44.7. The highest BCUT2D eigenvalue weighted by molar-refractivity contribution is 5.76. The van der Waals surface area contributed by atoms with Crippen LogP contribution in [0.25, 0.3) is 0 Å². The molecule has 0 aliphatic carbocycles. The molecule has 1 amide bonds. The van der Waals surface area contributed by atoms with E-state index in [1.807, 2.05) is 6.08 Å². The van der Waals surface area contributed by atoms with Crippen LogP contribution in [0.2, 0.25) is 0 Å². The van der Waals surface area contributed by atoms with Crippen LogP contribution in [0.5, 0.6) is 0 Å². The van der Waals surface area contributed by atoms with E-state index in [1.54, 1.807) is 6.08 Å². The van der Waals surface area contributed by atoms with Crippen molar-refractivity contribution >= 4 is 11.9 Å². The van der Waals surface area contributed by atoms with Gasteiger partial charge >= 0.3 is 5.97 Å². The number of allylic oxidation sites excluding steroid dienone is 3. The molecular formula is C50H95NO5. The zero-order valence-corrected chi connectivity index (χ0v) is 37.4. The van der Waals surface area contributed by atoms with Crippen LogP contribution in [0.3, 0.4) is 0 Å². The maximum absolute atomic E-state index is 12.4. The van der Waals surface area contributed by atoms with Crippen molar-refractivity contribution in [3.05, 3.63) is 24.3 Å². The molecule has 0 aromatic rings. The summed E-state index contributed by atoms with van der Waals surface area (Å²) in [4.78, 5) is 24.4. The summed E-state index contributed by atoms with van der Waals surface area (Å²) in [6, 6.07) is -0.636. The van der Waals surface area contributed by atoms with Crippen LogP contribution in [0.1, 0.15) is 258 Å². The fraction of sp³-hybridized carbons (Fsp3) is 0.880. The van der Waals surface area contributed by atoms with Crippen LogP contribution < -0.4 is 5.32 Å². The second-order valence-electron chi connectivity index (χ2n) is 16.8. The molecule has 0 saturated heterocycles. The Morgan fingerprint density at radius 3 is 1.27 bits per heavy atom. The summed E-state index contributed by atoms with van der Waals surface area (Å²) in [6.07, 6.45) is 53.1. The van der Waals surface area contributed by atoms with Gasteiger partial charge in [0.05, 0.1) is 25.4 Å². The Balaban J connectivity index is 3.48. The number of hydrogen-bond acceptors (Lipinski definition) is 5. The monoisotopic (exact) mass is 790 g/mol. The van der Waals surface area contributed by atoms with Gasteiger partial charge in [0.2, 0.25) is 5.91 Å². The molecule has 0 heterocycles. The molecule has 0 bridgehead atoms. The predicted molar refractivity (Wildman–Crippen MR) is 241 cm³/mol. The number of carbonyl (C=O) groups is 2. The molecule has 3 N–H and O–H groups in total. The molecule has 56 heavy (non-hydrogen) atoms. The summed E-state index contributed by atoms with van der Waals surface area (Å²) in [5, 5.41) is 23.0. The molecule has 0 aromatic heterocycles. The lowest BCUT2D eigenvalue weighted by molar-refractivity contribution is -0.143. The summed E-state index contributed by atoms with van der Waals surface area (Å²) in [5.74, 6) is -0.0983. The van der Waals surface area contributed by atoms with E-state index in [-0.39, 0.29) is 18.5 Å². The standard InChI is InChI=1S/C50H95NO5/c1-3-5-7-9-11-13-15-17-20-24-28-32-36-40-44-50(55)56-45-41-37-33-29-25-21-18-19-23-27-31-35-39-43-49(54)51-47(46-52)48(53)42-38-34-30-26-22-16-14-12-10-8-6-4-2/h15,17,38,42,47-48,52-53H,3-14,16,18-37,39-41,43-46H2,1-2H3,(H,51,54)/b17-15-,42-38+. The first kappa shape index (κ1) is 54.3. The van der Waals surface area contributed by atoms with Crippen LogP contribution in [0.15, 0.2) is 24.3 Å². The Bertz CT molecular complexity index is 874. The van der Waals surface area contributed by atoms with Gasteiger partial charge in [0, 0.05) is 12.8 Å². The van der Waals surface area contributed by atoms with E-state index < -0.39 is 12.1 Å². The summed E-state index contributed by atoms with van der Waals surface area (Å²) in [5.41, 5.74) is 0. The number of hydrogen-bond donors (Lipinski definition) is 3. The summed E-state index contributed by atoms with van der Waals surface area (Å²) < 4.78 is 5.45. The van der Waals surface area contributed by atoms with Gasteiger partial charge < -0.3 is 20.3 Å². The van der Waals surface area contributed by atoms with Crippen LogP contribution in [0, 0.1) is 0 Å². The van der Waals surface area contributed by atoms with Crippen molar-refractivity contribution in [3.63, 3.8) is 0 Å². The van der Waals surface area contributed by atoms with E-state index in [0.29, 0.717) is 19.4 Å². The molecule has 0 aliphatic heterocycles. The van der Waals surface area contributed by atoms with Crippen LogP contribution in [0.4, 0.5) is 0 Å². The number of aliphatic hydroxyl groups excluding tert-OH is 2. The largest absolute Gasteiger partial charge is 0.466 e. The second-order valence-corrected chi connectivity index (χ2v) is 16.8. The molecule has 2 unspecified atom stereocenters. The number of esters is 1. The fourth-order valence-electron chi connectivity index (χ4n) is 7.39. The Hall–Kier alpha value is -1.66. The third-order valence-electron chi connectivity index (χ3n) is 11.2. The van der Waals surface area contributed by atoms with Crippen molar-refractivity contribution in [1.29, 1.82) is 0 Å². The minimum absolute atomic E-state index is 0.0160. The molecular weight excluding hydrogens is 695 g/mol. The van der Waals surface area contributed by atoms with Crippen LogP contribution in [-0.4, -0.2) is 47.4 Å². The SMILES string of the molecule is CCCCCCC/C=C\CCCCCCCC(=O)OCCCCCCCCCCCCCCCC(=O)NC(CO)C(O)/C=C/CCCCCCCCCCCC. The molecule has 330 valence electrons. The second kappa shape index (κ2) is 46.0. The van der Waals surface area contributed by atoms with Crippen LogP contribution >= 0.6 is 0 Å². The molecule has 6 heteroatoms. The smallest absolute Gasteiger partial charge is 0.305 e. The zero-order valence-electron chi connectivity index (χ0n) is 37.4. The van der Waals surface area contributed by atoms with E-state index in [0.717, 1.165) is 57.8 Å². The van der Waals surface area contributed by atoms with Crippen molar-refractivity contribution in [1.82, 2.24) is 5.32 Å². The van der Waals surface area contributed by atoms with Crippen LogP contribution in [-0.2, 0) is 14.3 Å². The minimum atomic E-state index is -0.851. The van der Waals surface area contributed by atoms with Crippen molar-refractivity contribution in [2.75, 3.05) is 13.2 Å². The molecule has 0 radical (unpaired) electrons. The molecule has 0 fully saturated rings. The Morgan fingerprint density at radius 1 is 0.482 bits per heavy atom. The maximum atomic E-state index is 12.4. The van der Waals surface area contributed by atoms with Gasteiger partial charge in [-0.15, -0.1) is 0 Å². The van der Waals surface area contributed by atoms with E-state index in [1.165, 1.54) is 173 Å². The number of rotatable bonds is 45. The first-order valence-electron chi connectivity index (χ1n) is 24.6. The van der Waals surface area contributed by atoms with E-state index in [9.17, 15) is 19.8 Å². The van der Waals surface area contributed by atoms with Crippen molar-refractivity contribution in [2.45, 2.75) is 270 Å². The average Bonchev–Trinajstić information content (AvgIpc) is 3.20. The van der Waals surface area contributed by atoms with Gasteiger partial charge in [-0.05, 0) is 57.8 Å². The number of ether oxygens (including phenoxy) is 1.